The lowest BCUT2D eigenvalue weighted by atomic mass is 10.3. The molecule has 2 nitrogen and oxygen atoms in total. The number of aliphatic carboxylic acids is 1. The Morgan fingerprint density at radius 3 is 2.14 bits per heavy atom. The van der Waals surface area contributed by atoms with Crippen molar-refractivity contribution in [2.45, 2.75) is 13.8 Å². The average Bonchev–Trinajstić information content (AvgIpc) is 1.65. The Labute approximate surface area is 42.5 Å². The Kier molecular flexibility index (Phi) is 2.12. The van der Waals surface area contributed by atoms with Crippen molar-refractivity contribution in [2.75, 3.05) is 0 Å². The molecule has 0 saturated heterocycles. The molecule has 0 amide bonds. The van der Waals surface area contributed by atoms with E-state index in [0.29, 0.717) is 0 Å². The fourth-order valence-corrected chi connectivity index (χ4v) is 0.107. The summed E-state index contributed by atoms with van der Waals surface area (Å²) >= 11 is 0. The van der Waals surface area contributed by atoms with E-state index in [0.717, 1.165) is 0 Å². The molecule has 2 heteroatoms. The van der Waals surface area contributed by atoms with Gasteiger partial charge in [-0.3, -0.25) is 0 Å². The lowest BCUT2D eigenvalue weighted by molar-refractivity contribution is -0.132. The summed E-state index contributed by atoms with van der Waals surface area (Å²) in [4.78, 5) is 9.83. The fraction of sp³-hybridized carbons (Fsp3) is 0.400. The Balaban J connectivity index is 3.82. The van der Waals surface area contributed by atoms with Crippen LogP contribution < -0.4 is 0 Å². The molecular formula is C5H7O2. The third-order valence-corrected chi connectivity index (χ3v) is 0.696. The highest BCUT2D eigenvalue weighted by atomic mass is 16.4. The molecule has 39 valence electrons. The van der Waals surface area contributed by atoms with Crippen molar-refractivity contribution in [1.82, 2.24) is 0 Å². The Morgan fingerprint density at radius 2 is 2.14 bits per heavy atom. The highest BCUT2D eigenvalue weighted by molar-refractivity contribution is 5.84. The normalized spacial score (nSPS) is 11.4. The minimum atomic E-state index is -0.900. The van der Waals surface area contributed by atoms with Gasteiger partial charge in [0.05, 0.1) is 0 Å². The molecule has 0 unspecified atom stereocenters. The number of carboxylic acid groups (broad SMARTS) is 1. The maximum atomic E-state index is 9.83. The third-order valence-electron chi connectivity index (χ3n) is 0.696. The second-order valence-corrected chi connectivity index (χ2v) is 1.18. The first-order chi connectivity index (χ1) is 3.18. The van der Waals surface area contributed by atoms with Crippen LogP contribution in [0.2, 0.25) is 0 Å². The molecule has 0 aliphatic carbocycles. The first kappa shape index (κ1) is 6.21. The van der Waals surface area contributed by atoms with E-state index in [1.165, 1.54) is 6.92 Å². The quantitative estimate of drug-likeness (QED) is 0.494. The van der Waals surface area contributed by atoms with Gasteiger partial charge in [-0.05, 0) is 19.9 Å². The molecule has 1 radical (unpaired) electrons. The molecule has 0 aromatic carbocycles. The van der Waals surface area contributed by atoms with Crippen LogP contribution in [0.15, 0.2) is 5.57 Å². The van der Waals surface area contributed by atoms with E-state index in [2.05, 4.69) is 6.08 Å². The zero-order valence-electron chi connectivity index (χ0n) is 4.36. The van der Waals surface area contributed by atoms with E-state index >= 15 is 0 Å². The monoisotopic (exact) mass is 99.0 g/mol. The molecule has 0 aromatic heterocycles. The molecule has 0 heterocycles. The number of allylic oxidation sites excluding steroid dienone is 1. The van der Waals surface area contributed by atoms with Gasteiger partial charge in [-0.2, -0.15) is 0 Å². The number of carboxylic acids is 1. The van der Waals surface area contributed by atoms with Gasteiger partial charge in [0.15, 0.2) is 0 Å². The zero-order valence-corrected chi connectivity index (χ0v) is 4.36. The van der Waals surface area contributed by atoms with Crippen molar-refractivity contribution < 1.29 is 9.90 Å². The summed E-state index contributed by atoms with van der Waals surface area (Å²) in [6.45, 7) is 3.08. The number of rotatable bonds is 1. The highest BCUT2D eigenvalue weighted by Crippen LogP contribution is 1.86. The van der Waals surface area contributed by atoms with Crippen LogP contribution in [0.3, 0.4) is 0 Å². The molecule has 0 aliphatic rings. The van der Waals surface area contributed by atoms with E-state index in [4.69, 9.17) is 5.11 Å². The minimum absolute atomic E-state index is 0.264. The van der Waals surface area contributed by atoms with Gasteiger partial charge in [0.2, 0.25) is 0 Å². The SMILES string of the molecule is C/[C]=C(\C)C(=O)O. The molecule has 0 aromatic rings. The largest absolute Gasteiger partial charge is 0.478 e. The first-order valence-electron chi connectivity index (χ1n) is 1.93. The van der Waals surface area contributed by atoms with E-state index in [1.54, 1.807) is 6.92 Å². The molecule has 0 bridgehead atoms. The van der Waals surface area contributed by atoms with Gasteiger partial charge >= 0.3 is 5.97 Å². The first-order valence-corrected chi connectivity index (χ1v) is 1.93. The molecule has 0 aliphatic heterocycles. The molecule has 0 spiro atoms. The minimum Gasteiger partial charge on any atom is -0.478 e. The molecule has 0 saturated carbocycles. The Morgan fingerprint density at radius 1 is 1.71 bits per heavy atom. The Hall–Kier alpha value is -0.790. The second-order valence-electron chi connectivity index (χ2n) is 1.18. The molecule has 1 N–H and O–H groups in total. The van der Waals surface area contributed by atoms with Crippen molar-refractivity contribution in [2.24, 2.45) is 0 Å². The maximum Gasteiger partial charge on any atom is 0.331 e. The van der Waals surface area contributed by atoms with E-state index < -0.39 is 5.97 Å². The van der Waals surface area contributed by atoms with E-state index in [9.17, 15) is 4.79 Å². The van der Waals surface area contributed by atoms with Crippen LogP contribution in [0.1, 0.15) is 13.8 Å². The predicted molar refractivity (Wildman–Crippen MR) is 25.7 cm³/mol. The van der Waals surface area contributed by atoms with Crippen LogP contribution in [0, 0.1) is 6.08 Å². The maximum absolute atomic E-state index is 9.83. The van der Waals surface area contributed by atoms with Crippen LogP contribution in [-0.4, -0.2) is 11.1 Å². The average molecular weight is 99.1 g/mol. The van der Waals surface area contributed by atoms with Crippen LogP contribution in [0.5, 0.6) is 0 Å². The van der Waals surface area contributed by atoms with E-state index in [-0.39, 0.29) is 5.57 Å². The van der Waals surface area contributed by atoms with Crippen molar-refractivity contribution in [1.29, 1.82) is 0 Å². The summed E-state index contributed by atoms with van der Waals surface area (Å²) in [6.07, 6.45) is 2.48. The molecule has 0 rings (SSSR count). The van der Waals surface area contributed by atoms with Crippen LogP contribution in [0.25, 0.3) is 0 Å². The molecule has 7 heavy (non-hydrogen) atoms. The zero-order chi connectivity index (χ0) is 5.86. The van der Waals surface area contributed by atoms with Gasteiger partial charge in [-0.25, -0.2) is 4.79 Å². The van der Waals surface area contributed by atoms with Gasteiger partial charge in [-0.15, -0.1) is 0 Å². The standard InChI is InChI=1S/C5H7O2/c1-3-4(2)5(6)7/h1-2H3,(H,6,7). The van der Waals surface area contributed by atoms with Gasteiger partial charge in [0.25, 0.3) is 0 Å². The van der Waals surface area contributed by atoms with Crippen molar-refractivity contribution in [3.8, 4) is 0 Å². The number of carbonyl (C=O) groups is 1. The topological polar surface area (TPSA) is 37.3 Å². The van der Waals surface area contributed by atoms with E-state index in [1.807, 2.05) is 0 Å². The van der Waals surface area contributed by atoms with Crippen LogP contribution in [-0.2, 0) is 4.79 Å². The van der Waals surface area contributed by atoms with Crippen molar-refractivity contribution in [3.05, 3.63) is 11.6 Å². The van der Waals surface area contributed by atoms with Crippen molar-refractivity contribution >= 4 is 5.97 Å². The fourth-order valence-electron chi connectivity index (χ4n) is 0.107. The van der Waals surface area contributed by atoms with Gasteiger partial charge in [-0.1, -0.05) is 0 Å². The summed E-state index contributed by atoms with van der Waals surface area (Å²) in [5, 5.41) is 8.08. The predicted octanol–water partition coefficient (Wildman–Crippen LogP) is 0.840. The summed E-state index contributed by atoms with van der Waals surface area (Å²) in [5.41, 5.74) is 0.264. The van der Waals surface area contributed by atoms with Crippen molar-refractivity contribution in [3.63, 3.8) is 0 Å². The summed E-state index contributed by atoms with van der Waals surface area (Å²) in [5.74, 6) is -0.900. The second kappa shape index (κ2) is 2.39. The Bertz CT molecular complexity index is 103. The molecule has 0 fully saturated rings. The summed E-state index contributed by atoms with van der Waals surface area (Å²) in [6, 6.07) is 0. The number of hydrogen-bond acceptors (Lipinski definition) is 1. The van der Waals surface area contributed by atoms with Gasteiger partial charge in [0, 0.05) is 5.57 Å². The van der Waals surface area contributed by atoms with Gasteiger partial charge < -0.3 is 5.11 Å². The van der Waals surface area contributed by atoms with Crippen LogP contribution in [0.4, 0.5) is 0 Å². The summed E-state index contributed by atoms with van der Waals surface area (Å²) < 4.78 is 0. The van der Waals surface area contributed by atoms with Gasteiger partial charge in [0.1, 0.15) is 0 Å². The lowest BCUT2D eigenvalue weighted by Crippen LogP contribution is -1.94. The summed E-state index contributed by atoms with van der Waals surface area (Å²) in [7, 11) is 0. The smallest absolute Gasteiger partial charge is 0.331 e. The lowest BCUT2D eigenvalue weighted by Gasteiger charge is -1.83. The number of hydrogen-bond donors (Lipinski definition) is 1. The van der Waals surface area contributed by atoms with Crippen LogP contribution >= 0.6 is 0 Å². The third kappa shape index (κ3) is 1.98. The highest BCUT2D eigenvalue weighted by Gasteiger charge is 1.94. The molecule has 0 atom stereocenters. The molecular weight excluding hydrogens is 92.1 g/mol.